The first kappa shape index (κ1) is 12.6. The highest BCUT2D eigenvalue weighted by Crippen LogP contribution is 2.12. The third-order valence-electron chi connectivity index (χ3n) is 2.57. The summed E-state index contributed by atoms with van der Waals surface area (Å²) in [5, 5.41) is 0. The topological polar surface area (TPSA) is 17.1 Å². The minimum absolute atomic E-state index is 0.110. The van der Waals surface area contributed by atoms with Crippen LogP contribution in [0.2, 0.25) is 0 Å². The fourth-order valence-electron chi connectivity index (χ4n) is 1.60. The Kier molecular flexibility index (Phi) is 4.41. The van der Waals surface area contributed by atoms with Crippen molar-refractivity contribution in [3.05, 3.63) is 46.8 Å². The number of allylic oxidation sites excluding steroid dienone is 2. The molecule has 0 heterocycles. The van der Waals surface area contributed by atoms with Gasteiger partial charge in [-0.2, -0.15) is 0 Å². The number of benzene rings is 1. The molecule has 1 aromatic carbocycles. The zero-order valence-corrected chi connectivity index (χ0v) is 10.0. The number of carbonyl (C=O) groups is 1. The Morgan fingerprint density at radius 3 is 2.38 bits per heavy atom. The van der Waals surface area contributed by atoms with Gasteiger partial charge in [0.05, 0.1) is 0 Å². The zero-order valence-electron chi connectivity index (χ0n) is 10.0. The Balaban J connectivity index is 3.01. The van der Waals surface area contributed by atoms with E-state index >= 15 is 0 Å². The first-order chi connectivity index (χ1) is 7.56. The van der Waals surface area contributed by atoms with Crippen molar-refractivity contribution in [3.8, 4) is 0 Å². The van der Waals surface area contributed by atoms with Crippen LogP contribution in [0.5, 0.6) is 0 Å². The third kappa shape index (κ3) is 3.30. The molecule has 0 N–H and O–H groups in total. The maximum atomic E-state index is 13.1. The summed E-state index contributed by atoms with van der Waals surface area (Å²) < 4.78 is 13.1. The number of rotatable bonds is 4. The van der Waals surface area contributed by atoms with E-state index in [1.54, 1.807) is 19.1 Å². The zero-order chi connectivity index (χ0) is 12.1. The minimum Gasteiger partial charge on any atom is -0.289 e. The molecule has 0 amide bonds. The van der Waals surface area contributed by atoms with E-state index in [1.807, 2.05) is 13.8 Å². The summed E-state index contributed by atoms with van der Waals surface area (Å²) in [6.45, 7) is 5.81. The summed E-state index contributed by atoms with van der Waals surface area (Å²) in [5.41, 5.74) is 2.29. The van der Waals surface area contributed by atoms with Crippen LogP contribution in [0.15, 0.2) is 29.8 Å². The van der Waals surface area contributed by atoms with Crippen molar-refractivity contribution in [1.82, 2.24) is 0 Å². The second-order valence-corrected chi connectivity index (χ2v) is 3.89. The molecule has 0 aliphatic heterocycles. The van der Waals surface area contributed by atoms with Gasteiger partial charge in [-0.1, -0.05) is 19.4 Å². The number of hydrogen-bond donors (Lipinski definition) is 0. The first-order valence-electron chi connectivity index (χ1n) is 5.57. The first-order valence-corrected chi connectivity index (χ1v) is 5.57. The van der Waals surface area contributed by atoms with Crippen molar-refractivity contribution in [1.29, 1.82) is 0 Å². The molecule has 0 aliphatic rings. The normalized spacial score (nSPS) is 10.0. The summed E-state index contributed by atoms with van der Waals surface area (Å²) in [6, 6.07) is 4.42. The van der Waals surface area contributed by atoms with E-state index in [0.29, 0.717) is 5.56 Å². The van der Waals surface area contributed by atoms with Crippen LogP contribution in [0.3, 0.4) is 0 Å². The summed E-state index contributed by atoms with van der Waals surface area (Å²) in [7, 11) is 0. The van der Waals surface area contributed by atoms with Crippen LogP contribution >= 0.6 is 0 Å². The highest BCUT2D eigenvalue weighted by atomic mass is 19.1. The summed E-state index contributed by atoms with van der Waals surface area (Å²) in [5.74, 6) is -0.465. The molecule has 0 spiro atoms. The maximum absolute atomic E-state index is 13.1. The second kappa shape index (κ2) is 5.59. The molecule has 1 aromatic rings. The average Bonchev–Trinajstić information content (AvgIpc) is 2.24. The van der Waals surface area contributed by atoms with Crippen LogP contribution < -0.4 is 0 Å². The Labute approximate surface area is 96.0 Å². The van der Waals surface area contributed by atoms with Crippen LogP contribution in [0, 0.1) is 12.7 Å². The van der Waals surface area contributed by atoms with Crippen molar-refractivity contribution in [2.24, 2.45) is 0 Å². The molecule has 0 aromatic heterocycles. The van der Waals surface area contributed by atoms with Crippen LogP contribution in [-0.2, 0) is 0 Å². The molecule has 0 bridgehead atoms. The van der Waals surface area contributed by atoms with Crippen LogP contribution in [0.4, 0.5) is 4.39 Å². The minimum atomic E-state index is -0.355. The second-order valence-electron chi connectivity index (χ2n) is 3.89. The molecule has 16 heavy (non-hydrogen) atoms. The molecule has 1 rings (SSSR count). The van der Waals surface area contributed by atoms with Crippen molar-refractivity contribution in [3.63, 3.8) is 0 Å². The molecule has 0 saturated heterocycles. The van der Waals surface area contributed by atoms with Crippen LogP contribution in [-0.4, -0.2) is 5.78 Å². The van der Waals surface area contributed by atoms with Gasteiger partial charge in [-0.25, -0.2) is 4.39 Å². The average molecular weight is 220 g/mol. The van der Waals surface area contributed by atoms with Gasteiger partial charge in [0, 0.05) is 5.56 Å². The largest absolute Gasteiger partial charge is 0.289 e. The lowest BCUT2D eigenvalue weighted by Crippen LogP contribution is -1.98. The van der Waals surface area contributed by atoms with Crippen molar-refractivity contribution < 1.29 is 9.18 Å². The van der Waals surface area contributed by atoms with Crippen LogP contribution in [0.25, 0.3) is 0 Å². The van der Waals surface area contributed by atoms with Gasteiger partial charge in [-0.15, -0.1) is 0 Å². The lowest BCUT2D eigenvalue weighted by molar-refractivity contribution is 0.104. The maximum Gasteiger partial charge on any atom is 0.185 e. The van der Waals surface area contributed by atoms with Crippen molar-refractivity contribution >= 4 is 5.78 Å². The van der Waals surface area contributed by atoms with Gasteiger partial charge >= 0.3 is 0 Å². The van der Waals surface area contributed by atoms with Gasteiger partial charge in [0.2, 0.25) is 0 Å². The highest BCUT2D eigenvalue weighted by molar-refractivity contribution is 6.05. The monoisotopic (exact) mass is 220 g/mol. The van der Waals surface area contributed by atoms with Gasteiger partial charge in [0.25, 0.3) is 0 Å². The Bertz CT molecular complexity index is 392. The SMILES string of the molecule is CCC(=CC(=O)c1cc(C)cc(F)c1)CC. The van der Waals surface area contributed by atoms with E-state index in [0.717, 1.165) is 24.0 Å². The molecule has 0 aliphatic carbocycles. The number of aryl methyl sites for hydroxylation is 1. The predicted octanol–water partition coefficient (Wildman–Crippen LogP) is 4.06. The van der Waals surface area contributed by atoms with Crippen molar-refractivity contribution in [2.75, 3.05) is 0 Å². The van der Waals surface area contributed by atoms with E-state index in [-0.39, 0.29) is 11.6 Å². The lowest BCUT2D eigenvalue weighted by Gasteiger charge is -2.02. The van der Waals surface area contributed by atoms with E-state index in [9.17, 15) is 9.18 Å². The molecular formula is C14H17FO. The van der Waals surface area contributed by atoms with E-state index < -0.39 is 0 Å². The predicted molar refractivity (Wildman–Crippen MR) is 64.1 cm³/mol. The van der Waals surface area contributed by atoms with Gasteiger partial charge in [0.15, 0.2) is 5.78 Å². The molecule has 0 unspecified atom stereocenters. The number of ketones is 1. The van der Waals surface area contributed by atoms with Crippen molar-refractivity contribution in [2.45, 2.75) is 33.6 Å². The molecular weight excluding hydrogens is 203 g/mol. The standard InChI is InChI=1S/C14H17FO/c1-4-11(5-2)8-14(16)12-6-10(3)7-13(15)9-12/h6-9H,4-5H2,1-3H3. The van der Waals surface area contributed by atoms with Gasteiger partial charge in [-0.05, 0) is 49.6 Å². The molecule has 0 fully saturated rings. The summed E-state index contributed by atoms with van der Waals surface area (Å²) >= 11 is 0. The number of carbonyl (C=O) groups excluding carboxylic acids is 1. The molecule has 0 radical (unpaired) electrons. The lowest BCUT2D eigenvalue weighted by atomic mass is 10.0. The van der Waals surface area contributed by atoms with Crippen LogP contribution in [0.1, 0.15) is 42.6 Å². The fraction of sp³-hybridized carbons (Fsp3) is 0.357. The summed E-state index contributed by atoms with van der Waals surface area (Å²) in [6.07, 6.45) is 3.33. The smallest absolute Gasteiger partial charge is 0.185 e. The highest BCUT2D eigenvalue weighted by Gasteiger charge is 2.06. The number of hydrogen-bond acceptors (Lipinski definition) is 1. The molecule has 0 saturated carbocycles. The van der Waals surface area contributed by atoms with Gasteiger partial charge in [-0.3, -0.25) is 4.79 Å². The number of halogens is 1. The Morgan fingerprint density at radius 2 is 1.88 bits per heavy atom. The third-order valence-corrected chi connectivity index (χ3v) is 2.57. The van der Waals surface area contributed by atoms with E-state index in [2.05, 4.69) is 0 Å². The van der Waals surface area contributed by atoms with E-state index in [1.165, 1.54) is 12.1 Å². The quantitative estimate of drug-likeness (QED) is 0.552. The molecule has 2 heteroatoms. The van der Waals surface area contributed by atoms with E-state index in [4.69, 9.17) is 0 Å². The molecule has 86 valence electrons. The van der Waals surface area contributed by atoms with Gasteiger partial charge in [0.1, 0.15) is 5.82 Å². The van der Waals surface area contributed by atoms with Gasteiger partial charge < -0.3 is 0 Å². The molecule has 0 atom stereocenters. The fourth-order valence-corrected chi connectivity index (χ4v) is 1.60. The molecule has 1 nitrogen and oxygen atoms in total. The Morgan fingerprint density at radius 1 is 1.25 bits per heavy atom. The summed E-state index contributed by atoms with van der Waals surface area (Å²) in [4.78, 5) is 11.8. The Hall–Kier alpha value is -1.44.